The van der Waals surface area contributed by atoms with E-state index in [2.05, 4.69) is 18.0 Å². The molecular formula is C16H21NO2. The molecule has 19 heavy (non-hydrogen) atoms. The molecule has 2 aliphatic heterocycles. The number of ether oxygens (including phenoxy) is 1. The number of nitrogens with zero attached hydrogens (tertiary/aromatic N) is 1. The number of fused-ring (bicyclic) bond motifs is 1. The van der Waals surface area contributed by atoms with Crippen molar-refractivity contribution in [2.75, 3.05) is 20.2 Å². The second-order valence-corrected chi connectivity index (χ2v) is 6.39. The zero-order valence-electron chi connectivity index (χ0n) is 11.4. The highest BCUT2D eigenvalue weighted by Gasteiger charge is 2.54. The Balaban J connectivity index is 1.90. The fraction of sp³-hybridized carbons (Fsp3) is 0.625. The molecule has 2 saturated heterocycles. The number of likely N-dealkylation sites (N-methyl/N-ethyl adjacent to an activating group) is 1. The minimum absolute atomic E-state index is 0.155. The Morgan fingerprint density at radius 1 is 1.37 bits per heavy atom. The predicted octanol–water partition coefficient (Wildman–Crippen LogP) is 2.07. The molecule has 3 nitrogen and oxygen atoms in total. The molecule has 3 heteroatoms. The summed E-state index contributed by atoms with van der Waals surface area (Å²) >= 11 is 0. The number of benzene rings is 1. The molecule has 102 valence electrons. The zero-order chi connectivity index (χ0) is 13.0. The van der Waals surface area contributed by atoms with Gasteiger partial charge in [0.05, 0.1) is 6.10 Å². The maximum atomic E-state index is 9.87. The average molecular weight is 259 g/mol. The van der Waals surface area contributed by atoms with Crippen LogP contribution in [-0.2, 0) is 16.6 Å². The van der Waals surface area contributed by atoms with Gasteiger partial charge in [0.25, 0.3) is 0 Å². The molecule has 1 aromatic rings. The Bertz CT molecular complexity index is 515. The Hall–Kier alpha value is -1.06. The van der Waals surface area contributed by atoms with Gasteiger partial charge in [0.1, 0.15) is 5.75 Å². The Morgan fingerprint density at radius 2 is 2.26 bits per heavy atom. The highest BCUT2D eigenvalue weighted by molar-refractivity contribution is 5.45. The van der Waals surface area contributed by atoms with E-state index in [-0.39, 0.29) is 5.41 Å². The predicted molar refractivity (Wildman–Crippen MR) is 73.5 cm³/mol. The van der Waals surface area contributed by atoms with Crippen molar-refractivity contribution in [3.8, 4) is 5.75 Å². The maximum absolute atomic E-state index is 9.87. The third-order valence-electron chi connectivity index (χ3n) is 5.49. The minimum atomic E-state index is 0.155. The van der Waals surface area contributed by atoms with Crippen molar-refractivity contribution in [3.05, 3.63) is 29.3 Å². The van der Waals surface area contributed by atoms with E-state index in [1.807, 2.05) is 12.1 Å². The van der Waals surface area contributed by atoms with Crippen molar-refractivity contribution < 1.29 is 9.84 Å². The van der Waals surface area contributed by atoms with Crippen molar-refractivity contribution >= 4 is 0 Å². The number of hydrogen-bond donors (Lipinski definition) is 1. The van der Waals surface area contributed by atoms with E-state index in [1.54, 1.807) is 0 Å². The van der Waals surface area contributed by atoms with Gasteiger partial charge in [0, 0.05) is 18.1 Å². The number of piperidine rings is 1. The maximum Gasteiger partial charge on any atom is 0.115 e. The summed E-state index contributed by atoms with van der Waals surface area (Å²) in [5, 5.41) is 9.87. The summed E-state index contributed by atoms with van der Waals surface area (Å²) in [6.45, 7) is 2.03. The molecule has 2 fully saturated rings. The topological polar surface area (TPSA) is 32.7 Å². The molecule has 0 saturated carbocycles. The van der Waals surface area contributed by atoms with E-state index >= 15 is 0 Å². The standard InChI is InChI=1S/C16H21NO2/c1-17-7-6-16-5-2-8-19-15(16)14(17)9-11-3-4-12(18)10-13(11)16/h3-4,10,14-15,18H,2,5-9H2,1H3/t14-,15-,16+/m1/s1. The normalized spacial score (nSPS) is 37.5. The van der Waals surface area contributed by atoms with Crippen LogP contribution in [0.4, 0.5) is 0 Å². The van der Waals surface area contributed by atoms with Crippen LogP contribution in [0.3, 0.4) is 0 Å². The van der Waals surface area contributed by atoms with Crippen molar-refractivity contribution in [1.29, 1.82) is 0 Å². The molecule has 1 aromatic carbocycles. The summed E-state index contributed by atoms with van der Waals surface area (Å²) in [5.41, 5.74) is 2.93. The van der Waals surface area contributed by atoms with Gasteiger partial charge in [0.2, 0.25) is 0 Å². The fourth-order valence-electron chi connectivity index (χ4n) is 4.54. The lowest BCUT2D eigenvalue weighted by atomic mass is 9.59. The SMILES string of the molecule is CN1CC[C@]23CCCO[C@@H]2[C@H]1Cc1ccc(O)cc13. The Labute approximate surface area is 114 Å². The van der Waals surface area contributed by atoms with E-state index in [0.29, 0.717) is 17.9 Å². The molecule has 2 heterocycles. The van der Waals surface area contributed by atoms with Crippen LogP contribution in [0.1, 0.15) is 30.4 Å². The number of hydrogen-bond acceptors (Lipinski definition) is 3. The van der Waals surface area contributed by atoms with E-state index < -0.39 is 0 Å². The Kier molecular flexibility index (Phi) is 2.45. The molecule has 0 radical (unpaired) electrons. The summed E-state index contributed by atoms with van der Waals surface area (Å²) in [7, 11) is 2.22. The second kappa shape index (κ2) is 3.97. The molecule has 0 unspecified atom stereocenters. The van der Waals surface area contributed by atoms with Gasteiger partial charge >= 0.3 is 0 Å². The molecule has 0 amide bonds. The highest BCUT2D eigenvalue weighted by atomic mass is 16.5. The lowest BCUT2D eigenvalue weighted by Gasteiger charge is -2.57. The van der Waals surface area contributed by atoms with E-state index in [9.17, 15) is 5.11 Å². The Morgan fingerprint density at radius 3 is 3.16 bits per heavy atom. The molecule has 3 aliphatic rings. The fourth-order valence-corrected chi connectivity index (χ4v) is 4.54. The van der Waals surface area contributed by atoms with Gasteiger partial charge < -0.3 is 14.7 Å². The van der Waals surface area contributed by atoms with Crippen LogP contribution in [-0.4, -0.2) is 42.4 Å². The largest absolute Gasteiger partial charge is 0.508 e. The first-order valence-corrected chi connectivity index (χ1v) is 7.35. The van der Waals surface area contributed by atoms with Crippen LogP contribution in [0.5, 0.6) is 5.75 Å². The summed E-state index contributed by atoms with van der Waals surface area (Å²) in [5.74, 6) is 0.398. The molecule has 2 bridgehead atoms. The lowest BCUT2D eigenvalue weighted by molar-refractivity contribution is -0.122. The van der Waals surface area contributed by atoms with Crippen LogP contribution >= 0.6 is 0 Å². The number of rotatable bonds is 0. The van der Waals surface area contributed by atoms with Gasteiger partial charge in [-0.2, -0.15) is 0 Å². The van der Waals surface area contributed by atoms with Gasteiger partial charge in [-0.25, -0.2) is 0 Å². The molecule has 0 aromatic heterocycles. The zero-order valence-corrected chi connectivity index (χ0v) is 11.4. The van der Waals surface area contributed by atoms with Crippen molar-refractivity contribution in [2.45, 2.75) is 43.2 Å². The first kappa shape index (κ1) is 11.7. The van der Waals surface area contributed by atoms with Crippen LogP contribution in [0.15, 0.2) is 18.2 Å². The molecule has 3 atom stereocenters. The van der Waals surface area contributed by atoms with Crippen LogP contribution in [0.2, 0.25) is 0 Å². The second-order valence-electron chi connectivity index (χ2n) is 6.39. The highest BCUT2D eigenvalue weighted by Crippen LogP contribution is 2.51. The quantitative estimate of drug-likeness (QED) is 0.774. The van der Waals surface area contributed by atoms with Crippen molar-refractivity contribution in [1.82, 2.24) is 4.90 Å². The van der Waals surface area contributed by atoms with Crippen LogP contribution in [0, 0.1) is 0 Å². The summed E-state index contributed by atoms with van der Waals surface area (Å²) in [4.78, 5) is 2.46. The smallest absolute Gasteiger partial charge is 0.115 e. The van der Waals surface area contributed by atoms with E-state index in [1.165, 1.54) is 17.5 Å². The first-order valence-electron chi connectivity index (χ1n) is 7.35. The molecule has 1 N–H and O–H groups in total. The number of likely N-dealkylation sites (tertiary alicyclic amines) is 1. The van der Waals surface area contributed by atoms with Crippen molar-refractivity contribution in [3.63, 3.8) is 0 Å². The number of aromatic hydroxyl groups is 1. The molecule has 0 spiro atoms. The third kappa shape index (κ3) is 1.52. The van der Waals surface area contributed by atoms with Crippen molar-refractivity contribution in [2.24, 2.45) is 0 Å². The summed E-state index contributed by atoms with van der Waals surface area (Å²) in [6, 6.07) is 6.45. The van der Waals surface area contributed by atoms with Crippen LogP contribution < -0.4 is 0 Å². The van der Waals surface area contributed by atoms with Crippen LogP contribution in [0.25, 0.3) is 0 Å². The summed E-state index contributed by atoms with van der Waals surface area (Å²) < 4.78 is 6.18. The number of phenolic OH excluding ortho intramolecular Hbond substituents is 1. The summed E-state index contributed by atoms with van der Waals surface area (Å²) in [6.07, 6.45) is 4.87. The van der Waals surface area contributed by atoms with E-state index in [4.69, 9.17) is 4.74 Å². The molecule has 1 aliphatic carbocycles. The van der Waals surface area contributed by atoms with Gasteiger partial charge in [-0.15, -0.1) is 0 Å². The minimum Gasteiger partial charge on any atom is -0.508 e. The lowest BCUT2D eigenvalue weighted by Crippen LogP contribution is -2.64. The monoisotopic (exact) mass is 259 g/mol. The third-order valence-corrected chi connectivity index (χ3v) is 5.49. The van der Waals surface area contributed by atoms with E-state index in [0.717, 1.165) is 32.4 Å². The van der Waals surface area contributed by atoms with Gasteiger partial charge in [-0.05, 0) is 62.5 Å². The first-order chi connectivity index (χ1) is 9.21. The molecule has 4 rings (SSSR count). The molecular weight excluding hydrogens is 238 g/mol. The van der Waals surface area contributed by atoms with Gasteiger partial charge in [0.15, 0.2) is 0 Å². The van der Waals surface area contributed by atoms with Gasteiger partial charge in [-0.3, -0.25) is 0 Å². The average Bonchev–Trinajstić information content (AvgIpc) is 2.43. The van der Waals surface area contributed by atoms with Gasteiger partial charge in [-0.1, -0.05) is 6.07 Å². The number of phenols is 1.